The molecule has 0 aliphatic carbocycles. The number of benzene rings is 9. The Bertz CT molecular complexity index is 2770. The summed E-state index contributed by atoms with van der Waals surface area (Å²) < 4.78 is 2.62. The van der Waals surface area contributed by atoms with Gasteiger partial charge in [-0.3, -0.25) is 0 Å². The predicted octanol–water partition coefficient (Wildman–Crippen LogP) is 14.8. The van der Waals surface area contributed by atoms with Crippen molar-refractivity contribution in [3.63, 3.8) is 0 Å². The third kappa shape index (κ3) is 5.16. The van der Waals surface area contributed by atoms with Crippen molar-refractivity contribution in [3.05, 3.63) is 200 Å². The van der Waals surface area contributed by atoms with Crippen molar-refractivity contribution in [1.82, 2.24) is 0 Å². The lowest BCUT2D eigenvalue weighted by molar-refractivity contribution is 1.29. The molecule has 0 spiro atoms. The highest BCUT2D eigenvalue weighted by Gasteiger charge is 2.22. The summed E-state index contributed by atoms with van der Waals surface area (Å²) in [5, 5.41) is 7.85. The van der Waals surface area contributed by atoms with Gasteiger partial charge < -0.3 is 4.90 Å². The summed E-state index contributed by atoms with van der Waals surface area (Å²) in [5.74, 6) is 0. The molecule has 0 bridgehead atoms. The van der Waals surface area contributed by atoms with E-state index in [1.165, 1.54) is 75.1 Å². The zero-order valence-corrected chi connectivity index (χ0v) is 29.2. The molecule has 2 heteroatoms. The fourth-order valence-corrected chi connectivity index (χ4v) is 9.04. The topological polar surface area (TPSA) is 3.24 Å². The maximum absolute atomic E-state index is 2.45. The van der Waals surface area contributed by atoms with Gasteiger partial charge in [0.25, 0.3) is 0 Å². The molecule has 0 aliphatic heterocycles. The standard InChI is InChI=1S/C50H33NS/c1-4-14-34(15-5-1)36-24-28-39(29-25-36)51(40-30-26-37(27-31-40)35-16-6-2-7-17-35)47-33-48-46(32-45(47)38-18-8-3-9-19-38)49-43-22-12-10-20-41(43)42-21-11-13-23-44(42)50(49)52-48/h1-33H. The van der Waals surface area contributed by atoms with Gasteiger partial charge in [-0.15, -0.1) is 11.3 Å². The van der Waals surface area contributed by atoms with Gasteiger partial charge in [-0.2, -0.15) is 0 Å². The van der Waals surface area contributed by atoms with Gasteiger partial charge in [0, 0.05) is 42.5 Å². The molecule has 0 fully saturated rings. The van der Waals surface area contributed by atoms with Crippen LogP contribution >= 0.6 is 11.3 Å². The van der Waals surface area contributed by atoms with Crippen LogP contribution in [0.25, 0.3) is 75.1 Å². The SMILES string of the molecule is c1ccc(-c2ccc(N(c3ccc(-c4ccccc4)cc3)c3cc4sc5c6ccccc6c6ccccc6c5c4cc3-c3ccccc3)cc2)cc1. The van der Waals surface area contributed by atoms with Crippen molar-refractivity contribution >= 4 is 70.1 Å². The fraction of sp³-hybridized carbons (Fsp3) is 0. The van der Waals surface area contributed by atoms with E-state index in [0.29, 0.717) is 0 Å². The molecular weight excluding hydrogens is 647 g/mol. The van der Waals surface area contributed by atoms with Gasteiger partial charge in [-0.25, -0.2) is 0 Å². The van der Waals surface area contributed by atoms with Crippen LogP contribution in [0.1, 0.15) is 0 Å². The molecule has 1 aromatic heterocycles. The lowest BCUT2D eigenvalue weighted by atomic mass is 9.94. The highest BCUT2D eigenvalue weighted by atomic mass is 32.1. The molecule has 1 heterocycles. The van der Waals surface area contributed by atoms with Crippen molar-refractivity contribution in [1.29, 1.82) is 0 Å². The first-order valence-corrected chi connectivity index (χ1v) is 18.6. The van der Waals surface area contributed by atoms with Gasteiger partial charge in [0.2, 0.25) is 0 Å². The Morgan fingerprint density at radius 1 is 0.327 bits per heavy atom. The van der Waals surface area contributed by atoms with Gasteiger partial charge in [0.1, 0.15) is 0 Å². The Balaban J connectivity index is 1.25. The van der Waals surface area contributed by atoms with E-state index in [1.54, 1.807) is 0 Å². The minimum absolute atomic E-state index is 1.11. The number of nitrogens with zero attached hydrogens (tertiary/aromatic N) is 1. The average Bonchev–Trinajstić information content (AvgIpc) is 3.61. The molecule has 0 radical (unpaired) electrons. The molecule has 0 amide bonds. The summed E-state index contributed by atoms with van der Waals surface area (Å²) in [6.07, 6.45) is 0. The molecule has 0 unspecified atom stereocenters. The Kier molecular flexibility index (Phi) is 7.41. The summed E-state index contributed by atoms with van der Waals surface area (Å²) in [6, 6.07) is 72.8. The molecule has 244 valence electrons. The molecule has 0 aliphatic rings. The third-order valence-corrected chi connectivity index (χ3v) is 11.4. The first-order valence-electron chi connectivity index (χ1n) is 17.8. The molecule has 9 aromatic carbocycles. The van der Waals surface area contributed by atoms with Crippen LogP contribution in [0.5, 0.6) is 0 Å². The second kappa shape index (κ2) is 12.7. The lowest BCUT2D eigenvalue weighted by Gasteiger charge is -2.28. The molecule has 10 rings (SSSR count). The van der Waals surface area contributed by atoms with Crippen molar-refractivity contribution in [2.75, 3.05) is 4.90 Å². The molecule has 0 saturated carbocycles. The van der Waals surface area contributed by atoms with Crippen molar-refractivity contribution in [3.8, 4) is 33.4 Å². The number of anilines is 3. The summed E-state index contributed by atoms with van der Waals surface area (Å²) >= 11 is 1.90. The summed E-state index contributed by atoms with van der Waals surface area (Å²) in [6.45, 7) is 0. The van der Waals surface area contributed by atoms with Crippen LogP contribution in [0.4, 0.5) is 17.1 Å². The zero-order valence-electron chi connectivity index (χ0n) is 28.4. The predicted molar refractivity (Wildman–Crippen MR) is 225 cm³/mol. The first kappa shape index (κ1) is 30.4. The largest absolute Gasteiger partial charge is 0.310 e. The monoisotopic (exact) mass is 679 g/mol. The van der Waals surface area contributed by atoms with E-state index in [2.05, 4.69) is 205 Å². The molecule has 1 nitrogen and oxygen atoms in total. The van der Waals surface area contributed by atoms with Crippen molar-refractivity contribution < 1.29 is 0 Å². The second-order valence-electron chi connectivity index (χ2n) is 13.3. The molecular formula is C50H33NS. The Labute approximate surface area is 307 Å². The quantitative estimate of drug-likeness (QED) is 0.158. The third-order valence-electron chi connectivity index (χ3n) is 10.3. The van der Waals surface area contributed by atoms with Crippen LogP contribution in [-0.2, 0) is 0 Å². The van der Waals surface area contributed by atoms with Gasteiger partial charge in [0.05, 0.1) is 5.69 Å². The van der Waals surface area contributed by atoms with Crippen molar-refractivity contribution in [2.45, 2.75) is 0 Å². The van der Waals surface area contributed by atoms with E-state index < -0.39 is 0 Å². The fourth-order valence-electron chi connectivity index (χ4n) is 7.77. The maximum Gasteiger partial charge on any atom is 0.0554 e. The Morgan fingerprint density at radius 2 is 0.750 bits per heavy atom. The second-order valence-corrected chi connectivity index (χ2v) is 14.3. The van der Waals surface area contributed by atoms with E-state index in [-0.39, 0.29) is 0 Å². The highest BCUT2D eigenvalue weighted by molar-refractivity contribution is 7.27. The molecule has 0 saturated heterocycles. The smallest absolute Gasteiger partial charge is 0.0554 e. The lowest BCUT2D eigenvalue weighted by Crippen LogP contribution is -2.11. The molecule has 0 N–H and O–H groups in total. The normalized spacial score (nSPS) is 11.5. The van der Waals surface area contributed by atoms with Gasteiger partial charge in [-0.05, 0) is 80.4 Å². The maximum atomic E-state index is 2.45. The number of hydrogen-bond acceptors (Lipinski definition) is 2. The average molecular weight is 680 g/mol. The van der Waals surface area contributed by atoms with E-state index in [1.807, 2.05) is 11.3 Å². The van der Waals surface area contributed by atoms with Crippen LogP contribution < -0.4 is 4.90 Å². The molecule has 0 atom stereocenters. The van der Waals surface area contributed by atoms with E-state index in [4.69, 9.17) is 0 Å². The van der Waals surface area contributed by atoms with E-state index in [0.717, 1.165) is 17.1 Å². The Morgan fingerprint density at radius 3 is 1.29 bits per heavy atom. The summed E-state index contributed by atoms with van der Waals surface area (Å²) in [5.41, 5.74) is 10.6. The Hall–Kier alpha value is -6.48. The van der Waals surface area contributed by atoms with E-state index in [9.17, 15) is 0 Å². The number of hydrogen-bond donors (Lipinski definition) is 0. The number of thiophene rings is 1. The van der Waals surface area contributed by atoms with Crippen LogP contribution in [0, 0.1) is 0 Å². The molecule has 52 heavy (non-hydrogen) atoms. The highest BCUT2D eigenvalue weighted by Crippen LogP contribution is 2.49. The minimum Gasteiger partial charge on any atom is -0.310 e. The zero-order chi connectivity index (χ0) is 34.4. The van der Waals surface area contributed by atoms with Crippen LogP contribution in [0.3, 0.4) is 0 Å². The van der Waals surface area contributed by atoms with Crippen LogP contribution in [0.2, 0.25) is 0 Å². The van der Waals surface area contributed by atoms with Gasteiger partial charge in [0.15, 0.2) is 0 Å². The first-order chi connectivity index (χ1) is 25.8. The summed E-state index contributed by atoms with van der Waals surface area (Å²) in [4.78, 5) is 2.44. The van der Waals surface area contributed by atoms with Crippen LogP contribution in [-0.4, -0.2) is 0 Å². The molecule has 10 aromatic rings. The van der Waals surface area contributed by atoms with Crippen LogP contribution in [0.15, 0.2) is 200 Å². The van der Waals surface area contributed by atoms with Gasteiger partial charge in [-0.1, -0.05) is 164 Å². The van der Waals surface area contributed by atoms with Crippen molar-refractivity contribution in [2.24, 2.45) is 0 Å². The number of rotatable bonds is 6. The number of fused-ring (bicyclic) bond motifs is 8. The summed E-state index contributed by atoms with van der Waals surface area (Å²) in [7, 11) is 0. The minimum atomic E-state index is 1.11. The van der Waals surface area contributed by atoms with E-state index >= 15 is 0 Å². The van der Waals surface area contributed by atoms with Gasteiger partial charge >= 0.3 is 0 Å².